The van der Waals surface area contributed by atoms with Gasteiger partial charge in [-0.15, -0.1) is 0 Å². The molecule has 3 saturated carbocycles. The maximum atomic E-state index is 14.8. The zero-order chi connectivity index (χ0) is 24.3. The molecule has 0 unspecified atom stereocenters. The van der Waals surface area contributed by atoms with Gasteiger partial charge in [-0.1, -0.05) is 6.07 Å². The average molecular weight is 481 g/mol. The number of anilines is 1. The fourth-order valence-electron chi connectivity index (χ4n) is 5.67. The van der Waals surface area contributed by atoms with E-state index in [9.17, 15) is 18.0 Å². The average Bonchev–Trinajstić information content (AvgIpc) is 3.54. The maximum Gasteiger partial charge on any atom is 0.387 e. The van der Waals surface area contributed by atoms with Gasteiger partial charge in [0.25, 0.3) is 5.91 Å². The van der Waals surface area contributed by atoms with Gasteiger partial charge in [-0.2, -0.15) is 8.78 Å². The Morgan fingerprint density at radius 3 is 2.77 bits per heavy atom. The summed E-state index contributed by atoms with van der Waals surface area (Å²) in [5.74, 6) is -0.246. The second-order valence-electron chi connectivity index (χ2n) is 9.41. The van der Waals surface area contributed by atoms with Gasteiger partial charge in [-0.3, -0.25) is 9.20 Å². The summed E-state index contributed by atoms with van der Waals surface area (Å²) in [6.07, 6.45) is 6.87. The zero-order valence-corrected chi connectivity index (χ0v) is 18.6. The van der Waals surface area contributed by atoms with Crippen LogP contribution in [0.4, 0.5) is 19.0 Å². The first kappa shape index (κ1) is 21.7. The monoisotopic (exact) mass is 481 g/mol. The molecule has 2 N–H and O–H groups in total. The van der Waals surface area contributed by atoms with Crippen molar-refractivity contribution in [2.75, 3.05) is 5.73 Å². The maximum absolute atomic E-state index is 14.8. The molecule has 4 aromatic rings. The highest BCUT2D eigenvalue weighted by Crippen LogP contribution is 2.56. The molecule has 2 aromatic carbocycles. The largest absolute Gasteiger partial charge is 0.435 e. The number of nitrogen functional groups attached to an aromatic ring is 1. The van der Waals surface area contributed by atoms with E-state index in [0.717, 1.165) is 31.7 Å². The highest BCUT2D eigenvalue weighted by atomic mass is 19.3. The Morgan fingerprint density at radius 2 is 2.06 bits per heavy atom. The van der Waals surface area contributed by atoms with Gasteiger partial charge < -0.3 is 15.4 Å². The Balaban J connectivity index is 1.38. The summed E-state index contributed by atoms with van der Waals surface area (Å²) in [7, 11) is 0. The van der Waals surface area contributed by atoms with Crippen LogP contribution in [0.15, 0.2) is 48.9 Å². The van der Waals surface area contributed by atoms with Gasteiger partial charge in [-0.25, -0.2) is 14.4 Å². The minimum Gasteiger partial charge on any atom is -0.435 e. The first-order valence-electron chi connectivity index (χ1n) is 11.4. The Hall–Kier alpha value is -3.82. The standard InChI is InChI=1S/C25H22F3N5O2/c26-18-8-17(35-24(27)28)3-1-16(18)12-33(25-6-5-14(9-25)10-25)23(34)15-2-4-19-20(7-15)32-13-30-11-21(32)22(29)31-19/h1-4,7-8,11,13-14,24H,5-6,9-10,12H2,(H2,29,31). The molecule has 2 heterocycles. The Morgan fingerprint density at radius 1 is 1.23 bits per heavy atom. The molecule has 1 amide bonds. The number of amides is 1. The third kappa shape index (κ3) is 3.55. The molecule has 0 aliphatic heterocycles. The molecule has 0 saturated heterocycles. The summed E-state index contributed by atoms with van der Waals surface area (Å²) in [4.78, 5) is 24.2. The van der Waals surface area contributed by atoms with E-state index in [-0.39, 0.29) is 29.3 Å². The van der Waals surface area contributed by atoms with E-state index in [0.29, 0.717) is 33.8 Å². The van der Waals surface area contributed by atoms with E-state index in [2.05, 4.69) is 14.7 Å². The Labute approximate surface area is 198 Å². The van der Waals surface area contributed by atoms with Gasteiger partial charge in [0.05, 0.1) is 23.6 Å². The van der Waals surface area contributed by atoms with Crippen LogP contribution < -0.4 is 10.5 Å². The number of alkyl halides is 2. The zero-order valence-electron chi connectivity index (χ0n) is 18.6. The normalized spacial score (nSPS) is 21.0. The van der Waals surface area contributed by atoms with Crippen molar-refractivity contribution in [3.05, 3.63) is 65.9 Å². The number of hydrogen-bond acceptors (Lipinski definition) is 5. The van der Waals surface area contributed by atoms with E-state index in [4.69, 9.17) is 5.73 Å². The van der Waals surface area contributed by atoms with Crippen LogP contribution in [-0.2, 0) is 6.54 Å². The number of ether oxygens (including phenoxy) is 1. The summed E-state index contributed by atoms with van der Waals surface area (Å²) in [6.45, 7) is -3.01. The first-order valence-corrected chi connectivity index (χ1v) is 11.4. The van der Waals surface area contributed by atoms with Crippen LogP contribution in [0.25, 0.3) is 16.6 Å². The summed E-state index contributed by atoms with van der Waals surface area (Å²) in [6, 6.07) is 8.82. The highest BCUT2D eigenvalue weighted by molar-refractivity contribution is 5.98. The molecule has 180 valence electrons. The summed E-state index contributed by atoms with van der Waals surface area (Å²) in [5, 5.41) is 0. The summed E-state index contributed by atoms with van der Waals surface area (Å²) >= 11 is 0. The van der Waals surface area contributed by atoms with Gasteiger partial charge in [-0.05, 0) is 55.9 Å². The van der Waals surface area contributed by atoms with Crippen LogP contribution in [-0.4, -0.2) is 37.3 Å². The Bertz CT molecular complexity index is 1460. The number of nitrogens with two attached hydrogens (primary N) is 1. The van der Waals surface area contributed by atoms with Crippen LogP contribution >= 0.6 is 0 Å². The number of imidazole rings is 1. The molecular formula is C25H22F3N5O2. The van der Waals surface area contributed by atoms with Crippen molar-refractivity contribution in [2.45, 2.75) is 44.4 Å². The minimum atomic E-state index is -3.04. The van der Waals surface area contributed by atoms with E-state index in [1.165, 1.54) is 12.1 Å². The topological polar surface area (TPSA) is 85.8 Å². The molecule has 10 heteroatoms. The number of carbonyl (C=O) groups is 1. The number of nitrogens with zero attached hydrogens (tertiary/aromatic N) is 4. The lowest BCUT2D eigenvalue weighted by atomic mass is 9.75. The van der Waals surface area contributed by atoms with E-state index in [1.54, 1.807) is 40.0 Å². The first-order chi connectivity index (χ1) is 16.8. The van der Waals surface area contributed by atoms with Gasteiger partial charge >= 0.3 is 6.61 Å². The minimum absolute atomic E-state index is 0.0326. The van der Waals surface area contributed by atoms with Crippen LogP contribution in [0.3, 0.4) is 0 Å². The molecule has 0 spiro atoms. The quantitative estimate of drug-likeness (QED) is 0.428. The van der Waals surface area contributed by atoms with Gasteiger partial charge in [0.1, 0.15) is 22.9 Å². The highest BCUT2D eigenvalue weighted by Gasteiger charge is 2.55. The van der Waals surface area contributed by atoms with Crippen LogP contribution in [0, 0.1) is 11.7 Å². The van der Waals surface area contributed by atoms with E-state index >= 15 is 0 Å². The predicted molar refractivity (Wildman–Crippen MR) is 122 cm³/mol. The Kier molecular flexibility index (Phi) is 4.87. The van der Waals surface area contributed by atoms with Crippen molar-refractivity contribution in [3.63, 3.8) is 0 Å². The number of fused-ring (bicyclic) bond motifs is 4. The SMILES string of the molecule is Nc1nc2ccc(C(=O)N(Cc3ccc(OC(F)F)cc3F)C34CCC(C3)C4)cc2n2cncc12. The number of aromatic nitrogens is 3. The smallest absolute Gasteiger partial charge is 0.387 e. The molecule has 35 heavy (non-hydrogen) atoms. The second kappa shape index (κ2) is 7.86. The van der Waals surface area contributed by atoms with Crippen LogP contribution in [0.5, 0.6) is 5.75 Å². The van der Waals surface area contributed by atoms with Gasteiger partial charge in [0.15, 0.2) is 0 Å². The van der Waals surface area contributed by atoms with Gasteiger partial charge in [0, 0.05) is 29.3 Å². The number of rotatable bonds is 6. The molecule has 3 aliphatic rings. The molecule has 0 atom stereocenters. The molecule has 7 nitrogen and oxygen atoms in total. The third-order valence-electron chi connectivity index (χ3n) is 7.37. The van der Waals surface area contributed by atoms with E-state index < -0.39 is 12.4 Å². The van der Waals surface area contributed by atoms with Gasteiger partial charge in [0.2, 0.25) is 0 Å². The van der Waals surface area contributed by atoms with Crippen molar-refractivity contribution in [1.29, 1.82) is 0 Å². The molecule has 3 aliphatic carbocycles. The fourth-order valence-corrected chi connectivity index (χ4v) is 5.67. The predicted octanol–water partition coefficient (Wildman–Crippen LogP) is 4.79. The number of halogens is 3. The summed E-state index contributed by atoms with van der Waals surface area (Å²) in [5.41, 5.74) is 8.34. The number of hydrogen-bond donors (Lipinski definition) is 1. The molecule has 7 rings (SSSR count). The van der Waals surface area contributed by atoms with Crippen LogP contribution in [0.1, 0.15) is 41.6 Å². The van der Waals surface area contributed by atoms with Crippen molar-refractivity contribution in [2.24, 2.45) is 5.92 Å². The molecule has 0 radical (unpaired) electrons. The second-order valence-corrected chi connectivity index (χ2v) is 9.41. The lowest BCUT2D eigenvalue weighted by molar-refractivity contribution is -0.0500. The molecular weight excluding hydrogens is 459 g/mol. The van der Waals surface area contributed by atoms with Crippen LogP contribution in [0.2, 0.25) is 0 Å². The number of benzene rings is 2. The molecule has 2 bridgehead atoms. The molecule has 3 fully saturated rings. The summed E-state index contributed by atoms with van der Waals surface area (Å²) < 4.78 is 46.0. The van der Waals surface area contributed by atoms with E-state index in [1.807, 2.05) is 0 Å². The molecule has 2 aromatic heterocycles. The van der Waals surface area contributed by atoms with Crippen molar-refractivity contribution in [3.8, 4) is 5.75 Å². The van der Waals surface area contributed by atoms with Crippen molar-refractivity contribution >= 4 is 28.3 Å². The van der Waals surface area contributed by atoms with Crippen molar-refractivity contribution in [1.82, 2.24) is 19.3 Å². The lowest BCUT2D eigenvalue weighted by Crippen LogP contribution is -2.54. The third-order valence-corrected chi connectivity index (χ3v) is 7.37. The lowest BCUT2D eigenvalue weighted by Gasteiger charge is -2.48. The number of carbonyl (C=O) groups excluding carboxylic acids is 1. The van der Waals surface area contributed by atoms with Crippen molar-refractivity contribution < 1.29 is 22.7 Å². The fraction of sp³-hybridized carbons (Fsp3) is 0.320.